The second-order valence-corrected chi connectivity index (χ2v) is 7.69. The van der Waals surface area contributed by atoms with Gasteiger partial charge in [-0.1, -0.05) is 60.7 Å². The smallest absolute Gasteiger partial charge is 0.269 e. The van der Waals surface area contributed by atoms with Crippen LogP contribution in [-0.2, 0) is 7.05 Å². The Hall–Kier alpha value is -3.86. The Labute approximate surface area is 188 Å². The van der Waals surface area contributed by atoms with Crippen LogP contribution in [0, 0.1) is 0 Å². The number of hydrogen-bond acceptors (Lipinski definition) is 3. The molecule has 5 heteroatoms. The predicted molar refractivity (Wildman–Crippen MR) is 127 cm³/mol. The number of amides is 1. The van der Waals surface area contributed by atoms with Gasteiger partial charge in [0.25, 0.3) is 5.91 Å². The van der Waals surface area contributed by atoms with Gasteiger partial charge in [-0.05, 0) is 47.9 Å². The van der Waals surface area contributed by atoms with Crippen LogP contribution in [0.1, 0.15) is 34.0 Å². The van der Waals surface area contributed by atoms with Gasteiger partial charge in [0.1, 0.15) is 11.4 Å². The van der Waals surface area contributed by atoms with Crippen LogP contribution in [0.15, 0.2) is 91.0 Å². The lowest BCUT2D eigenvalue weighted by molar-refractivity contribution is 0.0943. The molecule has 0 aliphatic carbocycles. The van der Waals surface area contributed by atoms with Crippen molar-refractivity contribution >= 4 is 5.91 Å². The summed E-state index contributed by atoms with van der Waals surface area (Å²) in [5.74, 6) is 0.882. The Morgan fingerprint density at radius 1 is 0.938 bits per heavy atom. The zero-order valence-corrected chi connectivity index (χ0v) is 18.4. The lowest BCUT2D eigenvalue weighted by Crippen LogP contribution is -2.27. The summed E-state index contributed by atoms with van der Waals surface area (Å²) in [5, 5.41) is 7.58. The number of aromatic nitrogens is 2. The summed E-state index contributed by atoms with van der Waals surface area (Å²) in [7, 11) is 3.43. The van der Waals surface area contributed by atoms with Gasteiger partial charge in [0.05, 0.1) is 12.8 Å². The van der Waals surface area contributed by atoms with Crippen LogP contribution in [-0.4, -0.2) is 29.3 Å². The van der Waals surface area contributed by atoms with Crippen molar-refractivity contribution in [3.63, 3.8) is 0 Å². The van der Waals surface area contributed by atoms with Gasteiger partial charge >= 0.3 is 0 Å². The number of carbonyl (C=O) groups excluding carboxylic acids is 1. The third kappa shape index (κ3) is 4.89. The molecule has 0 bridgehead atoms. The molecule has 1 amide bonds. The Balaban J connectivity index is 1.44. The molecule has 1 heterocycles. The van der Waals surface area contributed by atoms with E-state index in [2.05, 4.69) is 58.9 Å². The summed E-state index contributed by atoms with van der Waals surface area (Å²) in [6.07, 6.45) is 0.808. The number of hydrogen-bond donors (Lipinski definition) is 1. The molecule has 0 aliphatic heterocycles. The highest BCUT2D eigenvalue weighted by Crippen LogP contribution is 2.27. The molecule has 0 radical (unpaired) electrons. The largest absolute Gasteiger partial charge is 0.497 e. The maximum Gasteiger partial charge on any atom is 0.269 e. The number of methoxy groups -OCH3 is 1. The molecule has 5 nitrogen and oxygen atoms in total. The monoisotopic (exact) mass is 425 g/mol. The van der Waals surface area contributed by atoms with Gasteiger partial charge < -0.3 is 10.1 Å². The second kappa shape index (κ2) is 9.96. The third-order valence-electron chi connectivity index (χ3n) is 5.62. The summed E-state index contributed by atoms with van der Waals surface area (Å²) >= 11 is 0. The molecule has 0 atom stereocenters. The molecule has 0 aliphatic rings. The van der Waals surface area contributed by atoms with Crippen molar-refractivity contribution in [3.8, 4) is 17.0 Å². The standard InChI is InChI=1S/C27H27N3O2/c1-30-26(19-25(29-30)22-13-15-23(32-2)16-14-22)27(31)28-18-17-24(20-9-5-3-6-10-20)21-11-7-4-8-12-21/h3-16,19,24H,17-18H2,1-2H3,(H,28,31). The number of aryl methyl sites for hydroxylation is 1. The minimum atomic E-state index is -0.125. The maximum atomic E-state index is 12.9. The number of nitrogens with zero attached hydrogens (tertiary/aromatic N) is 2. The van der Waals surface area contributed by atoms with Crippen molar-refractivity contribution in [1.82, 2.24) is 15.1 Å². The fourth-order valence-corrected chi connectivity index (χ4v) is 3.90. The molecule has 32 heavy (non-hydrogen) atoms. The molecule has 1 N–H and O–H groups in total. The zero-order chi connectivity index (χ0) is 22.3. The lowest BCUT2D eigenvalue weighted by Gasteiger charge is -2.18. The van der Waals surface area contributed by atoms with E-state index >= 15 is 0 Å². The SMILES string of the molecule is COc1ccc(-c2cc(C(=O)NCCC(c3ccccc3)c3ccccc3)n(C)n2)cc1. The van der Waals surface area contributed by atoms with Gasteiger partial charge in [-0.15, -0.1) is 0 Å². The molecular formula is C27H27N3O2. The summed E-state index contributed by atoms with van der Waals surface area (Å²) in [6, 6.07) is 30.3. The van der Waals surface area contributed by atoms with Gasteiger partial charge in [0, 0.05) is 25.1 Å². The van der Waals surface area contributed by atoms with Gasteiger partial charge in [0.2, 0.25) is 0 Å². The van der Waals surface area contributed by atoms with Crippen LogP contribution in [0.4, 0.5) is 0 Å². The Bertz CT molecular complexity index is 1110. The van der Waals surface area contributed by atoms with Crippen LogP contribution in [0.25, 0.3) is 11.3 Å². The molecular weight excluding hydrogens is 398 g/mol. The highest BCUT2D eigenvalue weighted by molar-refractivity contribution is 5.93. The average Bonchev–Trinajstić information content (AvgIpc) is 3.24. The van der Waals surface area contributed by atoms with Crippen LogP contribution in [0.3, 0.4) is 0 Å². The Kier molecular flexibility index (Phi) is 6.66. The first kappa shape index (κ1) is 21.4. The molecule has 0 saturated carbocycles. The number of carbonyl (C=O) groups is 1. The van der Waals surface area contributed by atoms with Gasteiger partial charge in [-0.25, -0.2) is 0 Å². The molecule has 0 saturated heterocycles. The normalized spacial score (nSPS) is 10.8. The molecule has 3 aromatic carbocycles. The molecule has 0 spiro atoms. The van der Waals surface area contributed by atoms with E-state index in [-0.39, 0.29) is 11.8 Å². The molecule has 0 unspecified atom stereocenters. The van der Waals surface area contributed by atoms with Crippen molar-refractivity contribution in [3.05, 3.63) is 108 Å². The van der Waals surface area contributed by atoms with Gasteiger partial charge in [-0.3, -0.25) is 9.48 Å². The average molecular weight is 426 g/mol. The zero-order valence-electron chi connectivity index (χ0n) is 18.4. The number of nitrogens with one attached hydrogen (secondary N) is 1. The highest BCUT2D eigenvalue weighted by atomic mass is 16.5. The van der Waals surface area contributed by atoms with Crippen molar-refractivity contribution < 1.29 is 9.53 Å². The topological polar surface area (TPSA) is 56.1 Å². The van der Waals surface area contributed by atoms with E-state index < -0.39 is 0 Å². The minimum absolute atomic E-state index is 0.125. The van der Waals surface area contributed by atoms with Crippen molar-refractivity contribution in [1.29, 1.82) is 0 Å². The van der Waals surface area contributed by atoms with E-state index in [9.17, 15) is 4.79 Å². The lowest BCUT2D eigenvalue weighted by atomic mass is 9.88. The number of rotatable bonds is 8. The molecule has 1 aromatic heterocycles. The van der Waals surface area contributed by atoms with Crippen LogP contribution < -0.4 is 10.1 Å². The van der Waals surface area contributed by atoms with E-state index in [0.717, 1.165) is 23.4 Å². The summed E-state index contributed by atoms with van der Waals surface area (Å²) in [6.45, 7) is 0.566. The Morgan fingerprint density at radius 2 is 1.53 bits per heavy atom. The molecule has 4 aromatic rings. The highest BCUT2D eigenvalue weighted by Gasteiger charge is 2.17. The molecule has 162 valence electrons. The summed E-state index contributed by atoms with van der Waals surface area (Å²) < 4.78 is 6.84. The van der Waals surface area contributed by atoms with E-state index in [4.69, 9.17) is 4.74 Å². The minimum Gasteiger partial charge on any atom is -0.497 e. The predicted octanol–water partition coefficient (Wildman–Crippen LogP) is 5.05. The summed E-state index contributed by atoms with van der Waals surface area (Å²) in [5.41, 5.74) is 4.72. The van der Waals surface area contributed by atoms with E-state index in [1.165, 1.54) is 11.1 Å². The quantitative estimate of drug-likeness (QED) is 0.430. The fraction of sp³-hybridized carbons (Fsp3) is 0.185. The van der Waals surface area contributed by atoms with Crippen molar-refractivity contribution in [2.45, 2.75) is 12.3 Å². The fourth-order valence-electron chi connectivity index (χ4n) is 3.90. The van der Waals surface area contributed by atoms with Gasteiger partial charge in [0.15, 0.2) is 0 Å². The number of benzene rings is 3. The molecule has 4 rings (SSSR count). The third-order valence-corrected chi connectivity index (χ3v) is 5.62. The van der Waals surface area contributed by atoms with E-state index in [0.29, 0.717) is 12.2 Å². The van der Waals surface area contributed by atoms with Crippen molar-refractivity contribution in [2.24, 2.45) is 7.05 Å². The first-order valence-electron chi connectivity index (χ1n) is 10.7. The van der Waals surface area contributed by atoms with Crippen molar-refractivity contribution in [2.75, 3.05) is 13.7 Å². The van der Waals surface area contributed by atoms with Crippen LogP contribution >= 0.6 is 0 Å². The van der Waals surface area contributed by atoms with Crippen LogP contribution in [0.5, 0.6) is 5.75 Å². The Morgan fingerprint density at radius 3 is 2.09 bits per heavy atom. The maximum absolute atomic E-state index is 12.9. The first-order valence-corrected chi connectivity index (χ1v) is 10.7. The van der Waals surface area contributed by atoms with E-state index in [1.54, 1.807) is 18.8 Å². The van der Waals surface area contributed by atoms with Crippen LogP contribution in [0.2, 0.25) is 0 Å². The number of ether oxygens (including phenoxy) is 1. The van der Waals surface area contributed by atoms with Gasteiger partial charge in [-0.2, -0.15) is 5.10 Å². The first-order chi connectivity index (χ1) is 15.7. The molecule has 0 fully saturated rings. The second-order valence-electron chi connectivity index (χ2n) is 7.69. The van der Waals surface area contributed by atoms with E-state index in [1.807, 2.05) is 42.5 Å². The summed E-state index contributed by atoms with van der Waals surface area (Å²) in [4.78, 5) is 12.9.